The van der Waals surface area contributed by atoms with Crippen molar-refractivity contribution < 1.29 is 14.7 Å². The second-order valence-electron chi connectivity index (χ2n) is 12.2. The van der Waals surface area contributed by atoms with Crippen molar-refractivity contribution in [2.75, 3.05) is 19.6 Å². The van der Waals surface area contributed by atoms with E-state index in [1.54, 1.807) is 0 Å². The van der Waals surface area contributed by atoms with Gasteiger partial charge in [-0.3, -0.25) is 14.6 Å². The topological polar surface area (TPSA) is 115 Å². The quantitative estimate of drug-likeness (QED) is 0.217. The molecule has 2 unspecified atom stereocenters. The molecule has 8 nitrogen and oxygen atoms in total. The molecule has 1 amide bonds. The highest BCUT2D eigenvalue weighted by Crippen LogP contribution is 2.48. The fraction of sp³-hybridized carbons (Fsp3) is 0.400. The van der Waals surface area contributed by atoms with E-state index in [9.17, 15) is 14.7 Å². The van der Waals surface area contributed by atoms with Crippen molar-refractivity contribution in [1.82, 2.24) is 26.3 Å². The van der Waals surface area contributed by atoms with Crippen LogP contribution >= 0.6 is 0 Å². The van der Waals surface area contributed by atoms with Gasteiger partial charge in [-0.2, -0.15) is 0 Å². The SMILES string of the molecule is CCCC(CC)(NCC(CNCc1cnc2cc3c(cc2c1)C[C@@]1(C3)C(=O)NC2=C1C=CCN2)c1ccccc1)C(=O)O. The molecule has 224 valence electrons. The molecule has 8 heteroatoms. The van der Waals surface area contributed by atoms with Crippen molar-refractivity contribution in [2.24, 2.45) is 5.41 Å². The number of hydrogen-bond donors (Lipinski definition) is 5. The Morgan fingerprint density at radius 2 is 1.91 bits per heavy atom. The van der Waals surface area contributed by atoms with Gasteiger partial charge in [0.25, 0.3) is 0 Å². The van der Waals surface area contributed by atoms with Crippen molar-refractivity contribution in [3.63, 3.8) is 0 Å². The Balaban J connectivity index is 1.16. The van der Waals surface area contributed by atoms with Crippen LogP contribution in [0.5, 0.6) is 0 Å². The predicted molar refractivity (Wildman–Crippen MR) is 168 cm³/mol. The fourth-order valence-corrected chi connectivity index (χ4v) is 7.08. The van der Waals surface area contributed by atoms with E-state index < -0.39 is 16.9 Å². The van der Waals surface area contributed by atoms with E-state index in [1.165, 1.54) is 16.7 Å². The Kier molecular flexibility index (Phi) is 8.07. The van der Waals surface area contributed by atoms with Gasteiger partial charge in [-0.1, -0.05) is 62.8 Å². The number of benzene rings is 2. The molecule has 3 atom stereocenters. The van der Waals surface area contributed by atoms with Crippen molar-refractivity contribution in [3.05, 3.63) is 101 Å². The monoisotopic (exact) mass is 579 g/mol. The molecular weight excluding hydrogens is 538 g/mol. The maximum absolute atomic E-state index is 13.2. The summed E-state index contributed by atoms with van der Waals surface area (Å²) >= 11 is 0. The summed E-state index contributed by atoms with van der Waals surface area (Å²) in [7, 11) is 0. The van der Waals surface area contributed by atoms with Crippen LogP contribution in [0.15, 0.2) is 78.3 Å². The molecule has 5 N–H and O–H groups in total. The van der Waals surface area contributed by atoms with E-state index in [-0.39, 0.29) is 11.8 Å². The minimum atomic E-state index is -0.913. The third-order valence-electron chi connectivity index (χ3n) is 9.55. The summed E-state index contributed by atoms with van der Waals surface area (Å²) in [5.41, 5.74) is 5.22. The first-order valence-electron chi connectivity index (χ1n) is 15.5. The Morgan fingerprint density at radius 3 is 2.65 bits per heavy atom. The Bertz CT molecular complexity index is 1600. The molecule has 3 heterocycles. The number of nitrogens with zero attached hydrogens (tertiary/aromatic N) is 1. The molecule has 1 aromatic heterocycles. The van der Waals surface area contributed by atoms with Crippen LogP contribution in [0.25, 0.3) is 10.9 Å². The van der Waals surface area contributed by atoms with Gasteiger partial charge < -0.3 is 26.4 Å². The number of aromatic nitrogens is 1. The molecule has 1 aliphatic carbocycles. The molecule has 0 fully saturated rings. The standard InChI is InChI=1S/C35H41N5O3/c1-3-12-35(4-2,33(42)43)39-22-28(24-9-6-5-7-10-24)21-36-19-23-14-25-15-26-17-34(18-27(26)16-30(25)38-20-23)29-11-8-13-37-31(29)40-32(34)41/h5-11,14-16,20,28,36-37,39H,3-4,12-13,17-19,21-22H2,1-2H3,(H,40,41)(H,42,43)/t28?,34-,35?/m0/s1. The summed E-state index contributed by atoms with van der Waals surface area (Å²) < 4.78 is 0. The lowest BCUT2D eigenvalue weighted by Gasteiger charge is -2.31. The van der Waals surface area contributed by atoms with Gasteiger partial charge >= 0.3 is 5.97 Å². The van der Waals surface area contributed by atoms with Crippen LogP contribution in [-0.2, 0) is 29.0 Å². The molecule has 0 saturated carbocycles. The number of nitrogens with one attached hydrogen (secondary N) is 4. The van der Waals surface area contributed by atoms with Crippen LogP contribution in [0.4, 0.5) is 0 Å². The van der Waals surface area contributed by atoms with Gasteiger partial charge in [-0.05, 0) is 66.1 Å². The normalized spacial score (nSPS) is 20.9. The molecule has 0 radical (unpaired) electrons. The van der Waals surface area contributed by atoms with E-state index in [4.69, 9.17) is 4.98 Å². The number of pyridine rings is 1. The zero-order chi connectivity index (χ0) is 30.0. The van der Waals surface area contributed by atoms with E-state index in [0.717, 1.165) is 40.8 Å². The number of amides is 1. The lowest BCUT2D eigenvalue weighted by atomic mass is 9.78. The van der Waals surface area contributed by atoms with Gasteiger partial charge in [0.1, 0.15) is 11.4 Å². The summed E-state index contributed by atoms with van der Waals surface area (Å²) in [6.45, 7) is 6.61. The van der Waals surface area contributed by atoms with E-state index in [2.05, 4.69) is 63.8 Å². The first kappa shape index (κ1) is 29.1. The maximum Gasteiger partial charge on any atom is 0.323 e. The van der Waals surface area contributed by atoms with Gasteiger partial charge in [-0.15, -0.1) is 0 Å². The Morgan fingerprint density at radius 1 is 1.12 bits per heavy atom. The van der Waals surface area contributed by atoms with Crippen LogP contribution in [0, 0.1) is 5.41 Å². The number of carbonyl (C=O) groups excluding carboxylic acids is 1. The summed E-state index contributed by atoms with van der Waals surface area (Å²) in [5, 5.41) is 24.5. The highest BCUT2D eigenvalue weighted by molar-refractivity contribution is 5.94. The summed E-state index contributed by atoms with van der Waals surface area (Å²) in [4.78, 5) is 30.2. The number of carbonyl (C=O) groups is 2. The fourth-order valence-electron chi connectivity index (χ4n) is 7.08. The third kappa shape index (κ3) is 5.45. The van der Waals surface area contributed by atoms with Crippen molar-refractivity contribution in [2.45, 2.75) is 64.0 Å². The van der Waals surface area contributed by atoms with Gasteiger partial charge in [0, 0.05) is 49.3 Å². The highest BCUT2D eigenvalue weighted by Gasteiger charge is 2.51. The number of carboxylic acids is 1. The number of rotatable bonds is 12. The average Bonchev–Trinajstić information content (AvgIpc) is 3.53. The number of carboxylic acid groups (broad SMARTS) is 1. The number of hydrogen-bond acceptors (Lipinski definition) is 6. The van der Waals surface area contributed by atoms with E-state index >= 15 is 0 Å². The van der Waals surface area contributed by atoms with Crippen molar-refractivity contribution in [1.29, 1.82) is 0 Å². The van der Waals surface area contributed by atoms with Crippen LogP contribution < -0.4 is 21.3 Å². The summed E-state index contributed by atoms with van der Waals surface area (Å²) in [6, 6.07) is 16.8. The second kappa shape index (κ2) is 11.9. The van der Waals surface area contributed by atoms with Crippen molar-refractivity contribution in [3.8, 4) is 0 Å². The predicted octanol–water partition coefficient (Wildman–Crippen LogP) is 4.32. The first-order chi connectivity index (χ1) is 20.9. The number of fused-ring (bicyclic) bond motifs is 3. The third-order valence-corrected chi connectivity index (χ3v) is 9.55. The zero-order valence-corrected chi connectivity index (χ0v) is 25.0. The molecule has 43 heavy (non-hydrogen) atoms. The van der Waals surface area contributed by atoms with Gasteiger partial charge in [0.15, 0.2) is 0 Å². The largest absolute Gasteiger partial charge is 0.480 e. The molecule has 3 aromatic rings. The first-order valence-corrected chi connectivity index (χ1v) is 15.5. The lowest BCUT2D eigenvalue weighted by molar-refractivity contribution is -0.145. The van der Waals surface area contributed by atoms with Gasteiger partial charge in [0.05, 0.1) is 10.9 Å². The molecule has 2 aliphatic heterocycles. The van der Waals surface area contributed by atoms with Gasteiger partial charge in [0.2, 0.25) is 5.91 Å². The molecule has 1 spiro atoms. The number of allylic oxidation sites excluding steroid dienone is 1. The van der Waals surface area contributed by atoms with Crippen molar-refractivity contribution >= 4 is 22.8 Å². The minimum Gasteiger partial charge on any atom is -0.480 e. The summed E-state index contributed by atoms with van der Waals surface area (Å²) in [6.07, 6.45) is 9.42. The Labute approximate surface area is 253 Å². The molecule has 3 aliphatic rings. The molecule has 6 rings (SSSR count). The van der Waals surface area contributed by atoms with Gasteiger partial charge in [-0.25, -0.2) is 0 Å². The zero-order valence-electron chi connectivity index (χ0n) is 25.0. The summed E-state index contributed by atoms with van der Waals surface area (Å²) in [5.74, 6) is 0.255. The molecular formula is C35H41N5O3. The lowest BCUT2D eigenvalue weighted by Crippen LogP contribution is -2.53. The van der Waals surface area contributed by atoms with Crippen LogP contribution in [0.1, 0.15) is 61.3 Å². The van der Waals surface area contributed by atoms with E-state index in [0.29, 0.717) is 45.3 Å². The molecule has 2 aromatic carbocycles. The Hall–Kier alpha value is -4.01. The van der Waals surface area contributed by atoms with Crippen LogP contribution in [0.3, 0.4) is 0 Å². The smallest absolute Gasteiger partial charge is 0.323 e. The minimum absolute atomic E-state index is 0.0753. The molecule has 0 saturated heterocycles. The number of aliphatic carboxylic acids is 1. The average molecular weight is 580 g/mol. The van der Waals surface area contributed by atoms with E-state index in [1.807, 2.05) is 38.2 Å². The maximum atomic E-state index is 13.2. The molecule has 0 bridgehead atoms. The van der Waals surface area contributed by atoms with Crippen LogP contribution in [0.2, 0.25) is 0 Å². The number of dihydropyridines is 1. The highest BCUT2D eigenvalue weighted by atomic mass is 16.4. The second-order valence-corrected chi connectivity index (χ2v) is 12.2. The van der Waals surface area contributed by atoms with Crippen LogP contribution in [-0.4, -0.2) is 47.1 Å².